The summed E-state index contributed by atoms with van der Waals surface area (Å²) in [4.78, 5) is 15.5. The van der Waals surface area contributed by atoms with Crippen LogP contribution >= 0.6 is 0 Å². The average Bonchev–Trinajstić information content (AvgIpc) is 2.45. The van der Waals surface area contributed by atoms with Gasteiger partial charge in [0, 0.05) is 12.7 Å². The maximum atomic E-state index is 11.2. The van der Waals surface area contributed by atoms with Gasteiger partial charge in [0.15, 0.2) is 0 Å². The van der Waals surface area contributed by atoms with Crippen molar-refractivity contribution in [3.8, 4) is 0 Å². The third kappa shape index (κ3) is 1.93. The summed E-state index contributed by atoms with van der Waals surface area (Å²) >= 11 is 0. The SMILES string of the molecule is CNC(=O)Cn1c(CN)nc(C)c1C. The van der Waals surface area contributed by atoms with Gasteiger partial charge in [-0.15, -0.1) is 0 Å². The molecular weight excluding hydrogens is 180 g/mol. The average molecular weight is 196 g/mol. The van der Waals surface area contributed by atoms with E-state index in [1.165, 1.54) is 0 Å². The molecule has 0 saturated carbocycles. The van der Waals surface area contributed by atoms with Gasteiger partial charge in [0.2, 0.25) is 5.91 Å². The molecule has 0 aliphatic rings. The van der Waals surface area contributed by atoms with Crippen molar-refractivity contribution in [2.75, 3.05) is 7.05 Å². The van der Waals surface area contributed by atoms with Crippen molar-refractivity contribution in [3.05, 3.63) is 17.2 Å². The molecule has 0 atom stereocenters. The molecule has 0 aromatic carbocycles. The Morgan fingerprint density at radius 3 is 2.71 bits per heavy atom. The largest absolute Gasteiger partial charge is 0.358 e. The molecule has 1 rings (SSSR count). The number of imidazole rings is 1. The highest BCUT2D eigenvalue weighted by Crippen LogP contribution is 2.09. The van der Waals surface area contributed by atoms with E-state index in [2.05, 4.69) is 10.3 Å². The first kappa shape index (κ1) is 10.7. The van der Waals surface area contributed by atoms with Crippen molar-refractivity contribution in [3.63, 3.8) is 0 Å². The van der Waals surface area contributed by atoms with Crippen molar-refractivity contribution in [2.24, 2.45) is 5.73 Å². The summed E-state index contributed by atoms with van der Waals surface area (Å²) in [5.74, 6) is 0.712. The minimum absolute atomic E-state index is 0.0415. The van der Waals surface area contributed by atoms with Crippen LogP contribution in [0.2, 0.25) is 0 Å². The van der Waals surface area contributed by atoms with Crippen LogP contribution in [0.15, 0.2) is 0 Å². The first-order valence-corrected chi connectivity index (χ1v) is 4.53. The molecule has 0 fully saturated rings. The molecule has 14 heavy (non-hydrogen) atoms. The van der Waals surface area contributed by atoms with Gasteiger partial charge in [-0.3, -0.25) is 4.79 Å². The molecule has 1 aromatic rings. The lowest BCUT2D eigenvalue weighted by molar-refractivity contribution is -0.121. The van der Waals surface area contributed by atoms with E-state index in [4.69, 9.17) is 5.73 Å². The minimum Gasteiger partial charge on any atom is -0.358 e. The fourth-order valence-corrected chi connectivity index (χ4v) is 1.31. The number of nitrogens with one attached hydrogen (secondary N) is 1. The molecule has 0 aliphatic heterocycles. The Hall–Kier alpha value is -1.36. The molecule has 1 heterocycles. The van der Waals surface area contributed by atoms with Crippen LogP contribution in [-0.2, 0) is 17.9 Å². The monoisotopic (exact) mass is 196 g/mol. The molecule has 78 valence electrons. The van der Waals surface area contributed by atoms with Gasteiger partial charge in [0.1, 0.15) is 12.4 Å². The summed E-state index contributed by atoms with van der Waals surface area (Å²) in [7, 11) is 1.61. The number of carbonyl (C=O) groups is 1. The lowest BCUT2D eigenvalue weighted by atomic mass is 10.4. The number of carbonyl (C=O) groups excluding carboxylic acids is 1. The molecule has 0 radical (unpaired) electrons. The Morgan fingerprint density at radius 1 is 1.57 bits per heavy atom. The molecule has 5 heteroatoms. The highest BCUT2D eigenvalue weighted by molar-refractivity contribution is 5.75. The van der Waals surface area contributed by atoms with Crippen LogP contribution in [0.25, 0.3) is 0 Å². The maximum Gasteiger partial charge on any atom is 0.239 e. The summed E-state index contributed by atoms with van der Waals surface area (Å²) in [6.45, 7) is 4.49. The van der Waals surface area contributed by atoms with E-state index < -0.39 is 0 Å². The normalized spacial score (nSPS) is 10.3. The smallest absolute Gasteiger partial charge is 0.239 e. The van der Waals surface area contributed by atoms with Gasteiger partial charge in [-0.1, -0.05) is 0 Å². The standard InChI is InChI=1S/C9H16N4O/c1-6-7(2)13(5-9(14)11-3)8(4-10)12-6/h4-5,10H2,1-3H3,(H,11,14). The first-order valence-electron chi connectivity index (χ1n) is 4.53. The van der Waals surface area contributed by atoms with Gasteiger partial charge in [-0.05, 0) is 13.8 Å². The molecule has 0 unspecified atom stereocenters. The lowest BCUT2D eigenvalue weighted by Gasteiger charge is -2.07. The summed E-state index contributed by atoms with van der Waals surface area (Å²) < 4.78 is 1.84. The molecule has 1 aromatic heterocycles. The molecule has 0 aliphatic carbocycles. The van der Waals surface area contributed by atoms with Crippen LogP contribution in [0.3, 0.4) is 0 Å². The number of aryl methyl sites for hydroxylation is 1. The summed E-state index contributed by atoms with van der Waals surface area (Å²) in [6, 6.07) is 0. The lowest BCUT2D eigenvalue weighted by Crippen LogP contribution is -2.25. The summed E-state index contributed by atoms with van der Waals surface area (Å²) in [6.07, 6.45) is 0. The minimum atomic E-state index is -0.0415. The predicted molar refractivity (Wildman–Crippen MR) is 53.7 cm³/mol. The van der Waals surface area contributed by atoms with Gasteiger partial charge in [0.25, 0.3) is 0 Å². The van der Waals surface area contributed by atoms with Crippen molar-refractivity contribution in [2.45, 2.75) is 26.9 Å². The van der Waals surface area contributed by atoms with Crippen LogP contribution < -0.4 is 11.1 Å². The van der Waals surface area contributed by atoms with E-state index in [9.17, 15) is 4.79 Å². The number of nitrogens with two attached hydrogens (primary N) is 1. The zero-order valence-corrected chi connectivity index (χ0v) is 8.79. The predicted octanol–water partition coefficient (Wildman–Crippen LogP) is -0.295. The third-order valence-electron chi connectivity index (χ3n) is 2.30. The zero-order valence-electron chi connectivity index (χ0n) is 8.79. The van der Waals surface area contributed by atoms with E-state index >= 15 is 0 Å². The van der Waals surface area contributed by atoms with E-state index in [-0.39, 0.29) is 12.5 Å². The highest BCUT2D eigenvalue weighted by atomic mass is 16.1. The van der Waals surface area contributed by atoms with E-state index in [1.54, 1.807) is 7.05 Å². The number of hydrogen-bond donors (Lipinski definition) is 2. The Morgan fingerprint density at radius 2 is 2.21 bits per heavy atom. The Labute approximate surface area is 83.3 Å². The van der Waals surface area contributed by atoms with E-state index in [0.717, 1.165) is 17.2 Å². The van der Waals surface area contributed by atoms with Crippen molar-refractivity contribution < 1.29 is 4.79 Å². The van der Waals surface area contributed by atoms with Crippen LogP contribution in [0, 0.1) is 13.8 Å². The van der Waals surface area contributed by atoms with Crippen molar-refractivity contribution in [1.29, 1.82) is 0 Å². The molecule has 5 nitrogen and oxygen atoms in total. The number of amides is 1. The van der Waals surface area contributed by atoms with Gasteiger partial charge >= 0.3 is 0 Å². The topological polar surface area (TPSA) is 72.9 Å². The second-order valence-electron chi connectivity index (χ2n) is 3.16. The number of aromatic nitrogens is 2. The fourth-order valence-electron chi connectivity index (χ4n) is 1.31. The zero-order chi connectivity index (χ0) is 10.7. The first-order chi connectivity index (χ1) is 6.60. The van der Waals surface area contributed by atoms with Gasteiger partial charge in [-0.2, -0.15) is 0 Å². The van der Waals surface area contributed by atoms with Crippen LogP contribution in [0.4, 0.5) is 0 Å². The second kappa shape index (κ2) is 4.23. The molecule has 0 spiro atoms. The van der Waals surface area contributed by atoms with E-state index in [1.807, 2.05) is 18.4 Å². The Bertz CT molecular complexity index is 343. The van der Waals surface area contributed by atoms with Gasteiger partial charge in [-0.25, -0.2) is 4.98 Å². The van der Waals surface area contributed by atoms with Crippen molar-refractivity contribution >= 4 is 5.91 Å². The van der Waals surface area contributed by atoms with Crippen molar-refractivity contribution in [1.82, 2.24) is 14.9 Å². The quantitative estimate of drug-likeness (QED) is 0.697. The number of hydrogen-bond acceptors (Lipinski definition) is 3. The van der Waals surface area contributed by atoms with Crippen LogP contribution in [-0.4, -0.2) is 22.5 Å². The molecule has 0 bridgehead atoms. The highest BCUT2D eigenvalue weighted by Gasteiger charge is 2.11. The number of rotatable bonds is 3. The number of nitrogens with zero attached hydrogens (tertiary/aromatic N) is 2. The Kier molecular flexibility index (Phi) is 3.24. The third-order valence-corrected chi connectivity index (χ3v) is 2.30. The molecular formula is C9H16N4O. The fraction of sp³-hybridized carbons (Fsp3) is 0.556. The maximum absolute atomic E-state index is 11.2. The van der Waals surface area contributed by atoms with Gasteiger partial charge in [0.05, 0.1) is 12.2 Å². The van der Waals surface area contributed by atoms with Crippen LogP contribution in [0.5, 0.6) is 0 Å². The van der Waals surface area contributed by atoms with Crippen LogP contribution in [0.1, 0.15) is 17.2 Å². The second-order valence-corrected chi connectivity index (χ2v) is 3.16. The molecule has 3 N–H and O–H groups in total. The molecule has 0 saturated heterocycles. The Balaban J connectivity index is 2.99. The summed E-state index contributed by atoms with van der Waals surface area (Å²) in [5, 5.41) is 2.57. The molecule has 1 amide bonds. The number of likely N-dealkylation sites (N-methyl/N-ethyl adjacent to an activating group) is 1. The van der Waals surface area contributed by atoms with E-state index in [0.29, 0.717) is 6.54 Å². The van der Waals surface area contributed by atoms with Gasteiger partial charge < -0.3 is 15.6 Å². The summed E-state index contributed by atoms with van der Waals surface area (Å²) in [5.41, 5.74) is 7.45.